The largest absolute Gasteiger partial charge is 0.497 e. The quantitative estimate of drug-likeness (QED) is 0.521. The number of para-hydroxylation sites is 1. The van der Waals surface area contributed by atoms with E-state index in [9.17, 15) is 17.6 Å². The molecule has 6 nitrogen and oxygen atoms in total. The second-order valence-electron chi connectivity index (χ2n) is 7.08. The molecule has 0 aromatic heterocycles. The van der Waals surface area contributed by atoms with Gasteiger partial charge in [0.2, 0.25) is 5.91 Å². The Bertz CT molecular complexity index is 1150. The third-order valence-corrected chi connectivity index (χ3v) is 6.78. The normalized spacial score (nSPS) is 12.1. The third-order valence-electron chi connectivity index (χ3n) is 5.00. The van der Waals surface area contributed by atoms with E-state index < -0.39 is 28.3 Å². The second kappa shape index (κ2) is 10.3. The number of hydrogen-bond donors (Lipinski definition) is 1. The molecule has 0 heterocycles. The molecule has 3 aromatic carbocycles. The average molecular weight is 457 g/mol. The van der Waals surface area contributed by atoms with Crippen molar-refractivity contribution >= 4 is 21.6 Å². The Kier molecular flexibility index (Phi) is 7.48. The van der Waals surface area contributed by atoms with Crippen LogP contribution < -0.4 is 14.4 Å². The van der Waals surface area contributed by atoms with Gasteiger partial charge in [-0.1, -0.05) is 49.4 Å². The first-order chi connectivity index (χ1) is 15.4. The first-order valence-electron chi connectivity index (χ1n) is 10.1. The molecule has 0 spiro atoms. The molecule has 0 radical (unpaired) electrons. The minimum absolute atomic E-state index is 0.0294. The molecule has 168 valence electrons. The number of amides is 1. The number of anilines is 1. The van der Waals surface area contributed by atoms with Gasteiger partial charge in [-0.25, -0.2) is 12.8 Å². The summed E-state index contributed by atoms with van der Waals surface area (Å²) in [7, 11) is -2.60. The van der Waals surface area contributed by atoms with Crippen LogP contribution in [0.1, 0.15) is 24.9 Å². The summed E-state index contributed by atoms with van der Waals surface area (Å²) in [5.74, 6) is -0.591. The van der Waals surface area contributed by atoms with E-state index in [1.54, 1.807) is 37.4 Å². The monoisotopic (exact) mass is 456 g/mol. The molecule has 1 amide bonds. The molecule has 3 aromatic rings. The van der Waals surface area contributed by atoms with Gasteiger partial charge in [0.05, 0.1) is 23.7 Å². The van der Waals surface area contributed by atoms with Crippen LogP contribution in [0.15, 0.2) is 83.8 Å². The van der Waals surface area contributed by atoms with Crippen molar-refractivity contribution in [2.45, 2.75) is 24.3 Å². The fourth-order valence-corrected chi connectivity index (χ4v) is 4.75. The van der Waals surface area contributed by atoms with E-state index in [0.29, 0.717) is 12.2 Å². The SMILES string of the molecule is CC[C@H](NC(=O)CN(c1ccccc1F)S(=O)(=O)c1ccccc1)c1ccc(OC)cc1. The van der Waals surface area contributed by atoms with Gasteiger partial charge in [-0.05, 0) is 48.4 Å². The lowest BCUT2D eigenvalue weighted by Crippen LogP contribution is -2.42. The summed E-state index contributed by atoms with van der Waals surface area (Å²) in [5, 5.41) is 2.86. The maximum absolute atomic E-state index is 14.6. The van der Waals surface area contributed by atoms with Gasteiger partial charge in [-0.3, -0.25) is 9.10 Å². The van der Waals surface area contributed by atoms with Crippen LogP contribution in [0.3, 0.4) is 0 Å². The van der Waals surface area contributed by atoms with Gasteiger partial charge in [-0.2, -0.15) is 0 Å². The highest BCUT2D eigenvalue weighted by Gasteiger charge is 2.29. The van der Waals surface area contributed by atoms with Crippen LogP contribution >= 0.6 is 0 Å². The van der Waals surface area contributed by atoms with Crippen molar-refractivity contribution < 1.29 is 22.3 Å². The van der Waals surface area contributed by atoms with E-state index in [1.807, 2.05) is 19.1 Å². The zero-order chi connectivity index (χ0) is 23.1. The van der Waals surface area contributed by atoms with Crippen molar-refractivity contribution in [2.24, 2.45) is 0 Å². The molecule has 32 heavy (non-hydrogen) atoms. The predicted octanol–water partition coefficient (Wildman–Crippen LogP) is 4.30. The number of ether oxygens (including phenoxy) is 1. The topological polar surface area (TPSA) is 75.7 Å². The predicted molar refractivity (Wildman–Crippen MR) is 122 cm³/mol. The molecule has 8 heteroatoms. The first kappa shape index (κ1) is 23.3. The van der Waals surface area contributed by atoms with Crippen molar-refractivity contribution in [3.8, 4) is 5.75 Å². The number of nitrogens with one attached hydrogen (secondary N) is 1. The Hall–Kier alpha value is -3.39. The number of benzene rings is 3. The lowest BCUT2D eigenvalue weighted by atomic mass is 10.0. The third kappa shape index (κ3) is 5.26. The molecule has 1 atom stereocenters. The van der Waals surface area contributed by atoms with E-state index in [4.69, 9.17) is 4.74 Å². The maximum atomic E-state index is 14.6. The first-order valence-corrected chi connectivity index (χ1v) is 11.6. The molecule has 0 saturated carbocycles. The van der Waals surface area contributed by atoms with Crippen molar-refractivity contribution in [3.63, 3.8) is 0 Å². The molecular weight excluding hydrogens is 431 g/mol. The number of rotatable bonds is 9. The number of nitrogens with zero attached hydrogens (tertiary/aromatic N) is 1. The molecular formula is C24H25FN2O4S. The summed E-state index contributed by atoms with van der Waals surface area (Å²) in [5.41, 5.74) is 0.661. The maximum Gasteiger partial charge on any atom is 0.264 e. The lowest BCUT2D eigenvalue weighted by molar-refractivity contribution is -0.120. The minimum Gasteiger partial charge on any atom is -0.497 e. The van der Waals surface area contributed by atoms with Gasteiger partial charge < -0.3 is 10.1 Å². The Labute approximate surface area is 187 Å². The van der Waals surface area contributed by atoms with Gasteiger partial charge in [-0.15, -0.1) is 0 Å². The molecule has 1 N–H and O–H groups in total. The van der Waals surface area contributed by atoms with E-state index in [1.165, 1.54) is 30.3 Å². The number of carbonyl (C=O) groups is 1. The molecule has 3 rings (SSSR count). The molecule has 0 aliphatic heterocycles. The Morgan fingerprint density at radius 1 is 1.00 bits per heavy atom. The van der Waals surface area contributed by atoms with Crippen molar-refractivity contribution in [2.75, 3.05) is 18.0 Å². The highest BCUT2D eigenvalue weighted by molar-refractivity contribution is 7.92. The van der Waals surface area contributed by atoms with Crippen LogP contribution in [0, 0.1) is 5.82 Å². The summed E-state index contributed by atoms with van der Waals surface area (Å²) >= 11 is 0. The smallest absolute Gasteiger partial charge is 0.264 e. The van der Waals surface area contributed by atoms with Gasteiger partial charge in [0.25, 0.3) is 10.0 Å². The summed E-state index contributed by atoms with van der Waals surface area (Å²) < 4.78 is 47.1. The standard InChI is InChI=1S/C24H25FN2O4S/c1-3-22(18-13-15-19(31-2)16-14-18)26-24(28)17-27(23-12-8-7-11-21(23)25)32(29,30)20-9-5-4-6-10-20/h4-16,22H,3,17H2,1-2H3,(H,26,28)/t22-/m0/s1. The Morgan fingerprint density at radius 3 is 2.22 bits per heavy atom. The fraction of sp³-hybridized carbons (Fsp3) is 0.208. The summed E-state index contributed by atoms with van der Waals surface area (Å²) in [6.07, 6.45) is 0.587. The minimum atomic E-state index is -4.17. The molecule has 0 unspecified atom stereocenters. The number of methoxy groups -OCH3 is 1. The highest BCUT2D eigenvalue weighted by Crippen LogP contribution is 2.26. The number of halogens is 1. The molecule has 0 aliphatic rings. The zero-order valence-corrected chi connectivity index (χ0v) is 18.7. The van der Waals surface area contributed by atoms with E-state index >= 15 is 0 Å². The highest BCUT2D eigenvalue weighted by atomic mass is 32.2. The van der Waals surface area contributed by atoms with E-state index in [-0.39, 0.29) is 16.6 Å². The van der Waals surface area contributed by atoms with Crippen LogP contribution in [0.5, 0.6) is 5.75 Å². The Balaban J connectivity index is 1.89. The second-order valence-corrected chi connectivity index (χ2v) is 8.94. The van der Waals surface area contributed by atoms with Crippen LogP contribution in [-0.2, 0) is 14.8 Å². The van der Waals surface area contributed by atoms with Gasteiger partial charge in [0.1, 0.15) is 18.1 Å². The number of carbonyl (C=O) groups excluding carboxylic acids is 1. The van der Waals surface area contributed by atoms with Gasteiger partial charge in [0.15, 0.2) is 0 Å². The van der Waals surface area contributed by atoms with E-state index in [2.05, 4.69) is 5.32 Å². The number of hydrogen-bond acceptors (Lipinski definition) is 4. The molecule has 0 fully saturated rings. The van der Waals surface area contributed by atoms with Crippen LogP contribution in [0.4, 0.5) is 10.1 Å². The molecule has 0 bridgehead atoms. The average Bonchev–Trinajstić information content (AvgIpc) is 2.82. The van der Waals surface area contributed by atoms with Crippen molar-refractivity contribution in [3.05, 3.63) is 90.2 Å². The van der Waals surface area contributed by atoms with Gasteiger partial charge in [0, 0.05) is 0 Å². The van der Waals surface area contributed by atoms with Crippen molar-refractivity contribution in [1.29, 1.82) is 0 Å². The molecule has 0 saturated heterocycles. The van der Waals surface area contributed by atoms with Crippen LogP contribution in [0.2, 0.25) is 0 Å². The van der Waals surface area contributed by atoms with Crippen LogP contribution in [-0.4, -0.2) is 28.0 Å². The van der Waals surface area contributed by atoms with Gasteiger partial charge >= 0.3 is 0 Å². The van der Waals surface area contributed by atoms with E-state index in [0.717, 1.165) is 15.9 Å². The van der Waals surface area contributed by atoms with Crippen LogP contribution in [0.25, 0.3) is 0 Å². The number of sulfonamides is 1. The zero-order valence-electron chi connectivity index (χ0n) is 17.9. The molecule has 0 aliphatic carbocycles. The fourth-order valence-electron chi connectivity index (χ4n) is 3.30. The summed E-state index contributed by atoms with van der Waals surface area (Å²) in [4.78, 5) is 12.9. The summed E-state index contributed by atoms with van der Waals surface area (Å²) in [6, 6.07) is 20.0. The Morgan fingerprint density at radius 2 is 1.62 bits per heavy atom. The van der Waals surface area contributed by atoms with Crippen molar-refractivity contribution in [1.82, 2.24) is 5.32 Å². The summed E-state index contributed by atoms with van der Waals surface area (Å²) in [6.45, 7) is 1.34. The lowest BCUT2D eigenvalue weighted by Gasteiger charge is -2.26.